The summed E-state index contributed by atoms with van der Waals surface area (Å²) in [5.41, 5.74) is 2.51. The third-order valence-corrected chi connectivity index (χ3v) is 3.29. The lowest BCUT2D eigenvalue weighted by Crippen LogP contribution is -2.05. The first kappa shape index (κ1) is 12.2. The van der Waals surface area contributed by atoms with Crippen LogP contribution in [0.5, 0.6) is 0 Å². The maximum Gasteiger partial charge on any atom is 0.102 e. The second-order valence-electron chi connectivity index (χ2n) is 3.89. The van der Waals surface area contributed by atoms with Crippen molar-refractivity contribution in [1.29, 1.82) is 0 Å². The van der Waals surface area contributed by atoms with Gasteiger partial charge in [-0.2, -0.15) is 0 Å². The Balaban J connectivity index is 2.14. The highest BCUT2D eigenvalue weighted by Gasteiger charge is 2.11. The molecule has 0 amide bonds. The van der Waals surface area contributed by atoms with Crippen LogP contribution in [-0.2, 0) is 6.42 Å². The Kier molecular flexibility index (Phi) is 3.86. The molecule has 1 aromatic carbocycles. The summed E-state index contributed by atoms with van der Waals surface area (Å²) in [4.78, 5) is 8.31. The highest BCUT2D eigenvalue weighted by molar-refractivity contribution is 9.10. The number of aliphatic hydroxyl groups excluding tert-OH is 1. The quantitative estimate of drug-likeness (QED) is 0.946. The van der Waals surface area contributed by atoms with E-state index < -0.39 is 6.10 Å². The Labute approximate surface area is 109 Å². The third-order valence-electron chi connectivity index (χ3n) is 2.51. The summed E-state index contributed by atoms with van der Waals surface area (Å²) in [6, 6.07) is 7.84. The molecule has 2 rings (SSSR count). The maximum absolute atomic E-state index is 10.1. The molecular formula is C13H13BrN2O. The molecule has 1 atom stereocenters. The van der Waals surface area contributed by atoms with Gasteiger partial charge in [-0.05, 0) is 18.6 Å². The molecule has 0 aliphatic rings. The molecule has 0 radical (unpaired) electrons. The summed E-state index contributed by atoms with van der Waals surface area (Å²) in [6.45, 7) is 1.87. The summed E-state index contributed by atoms with van der Waals surface area (Å²) in [5, 5.41) is 10.1. The molecule has 0 saturated carbocycles. The normalized spacial score (nSPS) is 12.4. The van der Waals surface area contributed by atoms with Crippen molar-refractivity contribution in [2.24, 2.45) is 0 Å². The van der Waals surface area contributed by atoms with E-state index in [9.17, 15) is 5.11 Å². The molecule has 0 bridgehead atoms. The van der Waals surface area contributed by atoms with Gasteiger partial charge in [0.1, 0.15) is 6.10 Å². The first-order valence-corrected chi connectivity index (χ1v) is 6.16. The van der Waals surface area contributed by atoms with Crippen LogP contribution in [0.2, 0.25) is 0 Å². The molecule has 4 heteroatoms. The van der Waals surface area contributed by atoms with E-state index in [1.54, 1.807) is 12.4 Å². The highest BCUT2D eigenvalue weighted by atomic mass is 79.9. The molecule has 3 nitrogen and oxygen atoms in total. The molecule has 88 valence electrons. The molecule has 1 aromatic heterocycles. The van der Waals surface area contributed by atoms with Crippen molar-refractivity contribution in [1.82, 2.24) is 9.97 Å². The summed E-state index contributed by atoms with van der Waals surface area (Å²) in [7, 11) is 0. The molecule has 0 fully saturated rings. The van der Waals surface area contributed by atoms with Crippen molar-refractivity contribution >= 4 is 15.9 Å². The Morgan fingerprint density at radius 1 is 1.24 bits per heavy atom. The van der Waals surface area contributed by atoms with Crippen LogP contribution in [0, 0.1) is 6.92 Å². The zero-order chi connectivity index (χ0) is 12.3. The monoisotopic (exact) mass is 292 g/mol. The molecule has 0 spiro atoms. The second-order valence-corrected chi connectivity index (χ2v) is 4.75. The largest absolute Gasteiger partial charge is 0.386 e. The summed E-state index contributed by atoms with van der Waals surface area (Å²) in [6.07, 6.45) is 3.19. The maximum atomic E-state index is 10.1. The lowest BCUT2D eigenvalue weighted by molar-refractivity contribution is 0.173. The van der Waals surface area contributed by atoms with Gasteiger partial charge in [-0.1, -0.05) is 34.1 Å². The van der Waals surface area contributed by atoms with Crippen molar-refractivity contribution in [3.8, 4) is 0 Å². The molecule has 0 saturated heterocycles. The topological polar surface area (TPSA) is 46.0 Å². The minimum Gasteiger partial charge on any atom is -0.386 e. The van der Waals surface area contributed by atoms with Crippen LogP contribution in [0.15, 0.2) is 41.1 Å². The van der Waals surface area contributed by atoms with Crippen LogP contribution in [0.3, 0.4) is 0 Å². The zero-order valence-corrected chi connectivity index (χ0v) is 11.1. The standard InChI is InChI=1S/C13H13BrN2O/c1-9-7-16-12(8-15-9)13(17)6-10-4-2-3-5-11(10)14/h2-5,7-8,13,17H,6H2,1H3. The summed E-state index contributed by atoms with van der Waals surface area (Å²) >= 11 is 3.46. The Bertz CT molecular complexity index is 499. The van der Waals surface area contributed by atoms with Gasteiger partial charge in [0.15, 0.2) is 0 Å². The number of halogens is 1. The van der Waals surface area contributed by atoms with Crippen molar-refractivity contribution in [3.05, 3.63) is 58.1 Å². The van der Waals surface area contributed by atoms with Gasteiger partial charge in [0.2, 0.25) is 0 Å². The fraction of sp³-hybridized carbons (Fsp3) is 0.231. The van der Waals surface area contributed by atoms with Crippen molar-refractivity contribution in [3.63, 3.8) is 0 Å². The van der Waals surface area contributed by atoms with E-state index in [2.05, 4.69) is 25.9 Å². The summed E-state index contributed by atoms with van der Waals surface area (Å²) < 4.78 is 0.999. The molecule has 1 heterocycles. The first-order valence-electron chi connectivity index (χ1n) is 5.37. The fourth-order valence-corrected chi connectivity index (χ4v) is 2.00. The Morgan fingerprint density at radius 3 is 2.65 bits per heavy atom. The molecule has 1 N–H and O–H groups in total. The van der Waals surface area contributed by atoms with Crippen molar-refractivity contribution < 1.29 is 5.11 Å². The minimum absolute atomic E-state index is 0.527. The predicted molar refractivity (Wildman–Crippen MR) is 69.6 cm³/mol. The predicted octanol–water partition coefficient (Wildman–Crippen LogP) is 2.82. The minimum atomic E-state index is -0.623. The average molecular weight is 293 g/mol. The second kappa shape index (κ2) is 5.38. The smallest absolute Gasteiger partial charge is 0.102 e. The number of aliphatic hydroxyl groups is 1. The van der Waals surface area contributed by atoms with E-state index in [1.165, 1.54) is 0 Å². The van der Waals surface area contributed by atoms with Crippen molar-refractivity contribution in [2.45, 2.75) is 19.4 Å². The van der Waals surface area contributed by atoms with Gasteiger partial charge in [-0.15, -0.1) is 0 Å². The van der Waals surface area contributed by atoms with Crippen molar-refractivity contribution in [2.75, 3.05) is 0 Å². The molecule has 1 unspecified atom stereocenters. The average Bonchev–Trinajstić information content (AvgIpc) is 2.33. The lowest BCUT2D eigenvalue weighted by atomic mass is 10.1. The number of hydrogen-bond acceptors (Lipinski definition) is 3. The van der Waals surface area contributed by atoms with Crippen LogP contribution in [-0.4, -0.2) is 15.1 Å². The number of rotatable bonds is 3. The molecular weight excluding hydrogens is 280 g/mol. The SMILES string of the molecule is Cc1cnc(C(O)Cc2ccccc2Br)cn1. The number of hydrogen-bond donors (Lipinski definition) is 1. The van der Waals surface area contributed by atoms with Crippen LogP contribution >= 0.6 is 15.9 Å². The molecule has 0 aliphatic carbocycles. The Morgan fingerprint density at radius 2 is 2.00 bits per heavy atom. The first-order chi connectivity index (χ1) is 8.16. The highest BCUT2D eigenvalue weighted by Crippen LogP contribution is 2.22. The Hall–Kier alpha value is -1.26. The van der Waals surface area contributed by atoms with Crippen LogP contribution < -0.4 is 0 Å². The fourth-order valence-electron chi connectivity index (χ4n) is 1.55. The number of benzene rings is 1. The lowest BCUT2D eigenvalue weighted by Gasteiger charge is -2.11. The van der Waals surface area contributed by atoms with E-state index in [4.69, 9.17) is 0 Å². The van der Waals surface area contributed by atoms with Gasteiger partial charge in [0.25, 0.3) is 0 Å². The van der Waals surface area contributed by atoms with Gasteiger partial charge >= 0.3 is 0 Å². The molecule has 17 heavy (non-hydrogen) atoms. The van der Waals surface area contributed by atoms with E-state index in [1.807, 2.05) is 31.2 Å². The number of nitrogens with zero attached hydrogens (tertiary/aromatic N) is 2. The third kappa shape index (κ3) is 3.11. The van der Waals surface area contributed by atoms with Gasteiger partial charge in [-0.3, -0.25) is 9.97 Å². The van der Waals surface area contributed by atoms with Crippen LogP contribution in [0.1, 0.15) is 23.1 Å². The van der Waals surface area contributed by atoms with Gasteiger partial charge < -0.3 is 5.11 Å². The van der Waals surface area contributed by atoms with E-state index >= 15 is 0 Å². The van der Waals surface area contributed by atoms with Crippen LogP contribution in [0.4, 0.5) is 0 Å². The van der Waals surface area contributed by atoms with E-state index in [0.29, 0.717) is 12.1 Å². The van der Waals surface area contributed by atoms with E-state index in [0.717, 1.165) is 15.7 Å². The van der Waals surface area contributed by atoms with E-state index in [-0.39, 0.29) is 0 Å². The number of aromatic nitrogens is 2. The number of aryl methyl sites for hydroxylation is 1. The van der Waals surface area contributed by atoms with Gasteiger partial charge in [0.05, 0.1) is 17.6 Å². The summed E-state index contributed by atoms with van der Waals surface area (Å²) in [5.74, 6) is 0. The van der Waals surface area contributed by atoms with Gasteiger partial charge in [0, 0.05) is 17.1 Å². The van der Waals surface area contributed by atoms with Crippen LogP contribution in [0.25, 0.3) is 0 Å². The molecule has 2 aromatic rings. The van der Waals surface area contributed by atoms with Gasteiger partial charge in [-0.25, -0.2) is 0 Å². The molecule has 0 aliphatic heterocycles. The zero-order valence-electron chi connectivity index (χ0n) is 9.47.